The first kappa shape index (κ1) is 17.2. The molecule has 0 radical (unpaired) electrons. The quantitative estimate of drug-likeness (QED) is 0.729. The van der Waals surface area contributed by atoms with Crippen molar-refractivity contribution < 1.29 is 4.79 Å². The van der Waals surface area contributed by atoms with Crippen LogP contribution in [0.2, 0.25) is 0 Å². The van der Waals surface area contributed by atoms with Crippen molar-refractivity contribution in [3.05, 3.63) is 102 Å². The summed E-state index contributed by atoms with van der Waals surface area (Å²) in [6.07, 6.45) is -0.406. The van der Waals surface area contributed by atoms with Crippen molar-refractivity contribution in [1.82, 2.24) is 0 Å². The van der Waals surface area contributed by atoms with Crippen molar-refractivity contribution in [3.8, 4) is 0 Å². The van der Waals surface area contributed by atoms with Gasteiger partial charge < -0.3 is 10.6 Å². The van der Waals surface area contributed by atoms with Crippen molar-refractivity contribution >= 4 is 17.2 Å². The van der Waals surface area contributed by atoms with Crippen LogP contribution in [0.15, 0.2) is 89.9 Å². The Balaban J connectivity index is 1.72. The van der Waals surface area contributed by atoms with Gasteiger partial charge in [-0.05, 0) is 6.07 Å². The standard InChI is InChI=1S/C23H21N3O/c24-22-16-26(15-21(27)17-9-3-1-4-10-17)20-14-8-7-13-19(20)23(25-22)18-11-5-2-6-12-18/h1-14,22H,15-16,24H2. The first-order valence-electron chi connectivity index (χ1n) is 9.04. The molecule has 0 saturated heterocycles. The third-order valence-electron chi connectivity index (χ3n) is 4.68. The topological polar surface area (TPSA) is 58.7 Å². The van der Waals surface area contributed by atoms with Gasteiger partial charge >= 0.3 is 0 Å². The first-order chi connectivity index (χ1) is 13.2. The van der Waals surface area contributed by atoms with Crippen LogP contribution in [0, 0.1) is 0 Å². The molecule has 27 heavy (non-hydrogen) atoms. The number of aliphatic imine (C=N–C) groups is 1. The molecule has 4 heteroatoms. The van der Waals surface area contributed by atoms with E-state index in [0.29, 0.717) is 12.1 Å². The zero-order valence-electron chi connectivity index (χ0n) is 15.0. The van der Waals surface area contributed by atoms with E-state index in [9.17, 15) is 4.79 Å². The minimum absolute atomic E-state index is 0.0702. The van der Waals surface area contributed by atoms with Crippen molar-refractivity contribution in [1.29, 1.82) is 0 Å². The molecule has 4 nitrogen and oxygen atoms in total. The van der Waals surface area contributed by atoms with Gasteiger partial charge in [-0.3, -0.25) is 9.79 Å². The Hall–Kier alpha value is -3.24. The fourth-order valence-corrected chi connectivity index (χ4v) is 3.41. The molecule has 0 spiro atoms. The van der Waals surface area contributed by atoms with Crippen LogP contribution in [0.3, 0.4) is 0 Å². The summed E-state index contributed by atoms with van der Waals surface area (Å²) in [6.45, 7) is 0.762. The number of ketones is 1. The minimum Gasteiger partial charge on any atom is -0.360 e. The Bertz CT molecular complexity index is 967. The second kappa shape index (κ2) is 7.56. The van der Waals surface area contributed by atoms with Gasteiger partial charge in [0.25, 0.3) is 0 Å². The van der Waals surface area contributed by atoms with E-state index in [4.69, 9.17) is 10.7 Å². The molecule has 134 valence electrons. The van der Waals surface area contributed by atoms with Crippen molar-refractivity contribution in [2.45, 2.75) is 6.17 Å². The number of benzene rings is 3. The maximum Gasteiger partial charge on any atom is 0.182 e. The van der Waals surface area contributed by atoms with Crippen LogP contribution in [0.5, 0.6) is 0 Å². The van der Waals surface area contributed by atoms with Gasteiger partial charge in [0.15, 0.2) is 5.78 Å². The Morgan fingerprint density at radius 1 is 0.926 bits per heavy atom. The number of hydrogen-bond acceptors (Lipinski definition) is 4. The summed E-state index contributed by atoms with van der Waals surface area (Å²) >= 11 is 0. The predicted molar refractivity (Wildman–Crippen MR) is 109 cm³/mol. The van der Waals surface area contributed by atoms with E-state index in [1.165, 1.54) is 0 Å². The summed E-state index contributed by atoms with van der Waals surface area (Å²) in [6, 6.07) is 27.5. The molecular weight excluding hydrogens is 334 g/mol. The zero-order chi connectivity index (χ0) is 18.6. The van der Waals surface area contributed by atoms with Gasteiger partial charge in [-0.25, -0.2) is 0 Å². The highest BCUT2D eigenvalue weighted by Crippen LogP contribution is 2.27. The van der Waals surface area contributed by atoms with Gasteiger partial charge in [0, 0.05) is 22.4 Å². The maximum absolute atomic E-state index is 12.8. The molecule has 4 rings (SSSR count). The van der Waals surface area contributed by atoms with E-state index >= 15 is 0 Å². The van der Waals surface area contributed by atoms with Crippen molar-refractivity contribution in [2.75, 3.05) is 18.0 Å². The molecule has 0 aliphatic carbocycles. The van der Waals surface area contributed by atoms with Gasteiger partial charge in [0.1, 0.15) is 6.17 Å². The number of rotatable bonds is 4. The summed E-state index contributed by atoms with van der Waals surface area (Å²) in [5.41, 5.74) is 10.9. The average molecular weight is 355 g/mol. The number of Topliss-reactive ketones (excluding diaryl/α,β-unsaturated/α-hetero) is 1. The summed E-state index contributed by atoms with van der Waals surface area (Å²) in [5.74, 6) is 0.0702. The highest BCUT2D eigenvalue weighted by atomic mass is 16.1. The molecule has 0 saturated carbocycles. The molecular formula is C23H21N3O. The number of nitrogens with zero attached hydrogens (tertiary/aromatic N) is 2. The third kappa shape index (κ3) is 3.66. The lowest BCUT2D eigenvalue weighted by atomic mass is 10.00. The van der Waals surface area contributed by atoms with Gasteiger partial charge in [0.05, 0.1) is 18.8 Å². The molecule has 3 aromatic carbocycles. The first-order valence-corrected chi connectivity index (χ1v) is 9.04. The van der Waals surface area contributed by atoms with Crippen LogP contribution in [-0.2, 0) is 0 Å². The van der Waals surface area contributed by atoms with Crippen molar-refractivity contribution in [3.63, 3.8) is 0 Å². The molecule has 1 heterocycles. The largest absolute Gasteiger partial charge is 0.360 e. The number of carbonyl (C=O) groups excluding carboxylic acids is 1. The van der Waals surface area contributed by atoms with E-state index in [-0.39, 0.29) is 12.3 Å². The lowest BCUT2D eigenvalue weighted by molar-refractivity contribution is 0.0999. The Kier molecular flexibility index (Phi) is 4.81. The van der Waals surface area contributed by atoms with Crippen molar-refractivity contribution in [2.24, 2.45) is 10.7 Å². The lowest BCUT2D eigenvalue weighted by Crippen LogP contribution is -2.38. The fraction of sp³-hybridized carbons (Fsp3) is 0.130. The van der Waals surface area contributed by atoms with Crippen LogP contribution in [0.4, 0.5) is 5.69 Å². The number of benzodiazepines with no additional fused rings is 1. The van der Waals surface area contributed by atoms with E-state index in [1.54, 1.807) is 0 Å². The predicted octanol–water partition coefficient (Wildman–Crippen LogP) is 3.51. The molecule has 1 unspecified atom stereocenters. The molecule has 3 aromatic rings. The second-order valence-corrected chi connectivity index (χ2v) is 6.60. The smallest absolute Gasteiger partial charge is 0.182 e. The Labute approximate surface area is 159 Å². The molecule has 0 fully saturated rings. The van der Waals surface area contributed by atoms with Gasteiger partial charge in [-0.2, -0.15) is 0 Å². The van der Waals surface area contributed by atoms with Crippen LogP contribution < -0.4 is 10.6 Å². The summed E-state index contributed by atoms with van der Waals surface area (Å²) in [5, 5.41) is 0. The van der Waals surface area contributed by atoms with E-state index in [1.807, 2.05) is 89.8 Å². The summed E-state index contributed by atoms with van der Waals surface area (Å²) in [7, 11) is 0. The Morgan fingerprint density at radius 3 is 2.30 bits per heavy atom. The normalized spacial score (nSPS) is 16.3. The van der Waals surface area contributed by atoms with Crippen LogP contribution in [0.25, 0.3) is 0 Å². The highest BCUT2D eigenvalue weighted by Gasteiger charge is 2.24. The van der Waals surface area contributed by atoms with Gasteiger partial charge in [0.2, 0.25) is 0 Å². The zero-order valence-corrected chi connectivity index (χ0v) is 15.0. The third-order valence-corrected chi connectivity index (χ3v) is 4.68. The van der Waals surface area contributed by atoms with Crippen LogP contribution in [-0.4, -0.2) is 30.8 Å². The second-order valence-electron chi connectivity index (χ2n) is 6.60. The SMILES string of the molecule is NC1CN(CC(=O)c2ccccc2)c2ccccc2C(c2ccccc2)=N1. The molecule has 0 bridgehead atoms. The number of hydrogen-bond donors (Lipinski definition) is 1. The fourth-order valence-electron chi connectivity index (χ4n) is 3.41. The average Bonchev–Trinajstić information content (AvgIpc) is 2.86. The van der Waals surface area contributed by atoms with E-state index < -0.39 is 6.17 Å². The molecule has 0 amide bonds. The molecule has 1 aliphatic rings. The molecule has 2 N–H and O–H groups in total. The van der Waals surface area contributed by atoms with Gasteiger partial charge in [-0.15, -0.1) is 0 Å². The number of carbonyl (C=O) groups is 1. The van der Waals surface area contributed by atoms with Crippen LogP contribution in [0.1, 0.15) is 21.5 Å². The summed E-state index contributed by atoms with van der Waals surface area (Å²) in [4.78, 5) is 19.6. The van der Waals surface area contributed by atoms with Crippen LogP contribution >= 0.6 is 0 Å². The van der Waals surface area contributed by atoms with E-state index in [2.05, 4.69) is 0 Å². The summed E-state index contributed by atoms with van der Waals surface area (Å²) < 4.78 is 0. The highest BCUT2D eigenvalue weighted by molar-refractivity contribution is 6.16. The molecule has 1 aliphatic heterocycles. The van der Waals surface area contributed by atoms with E-state index in [0.717, 1.165) is 22.5 Å². The Morgan fingerprint density at radius 2 is 1.56 bits per heavy atom. The number of nitrogens with two attached hydrogens (primary N) is 1. The number of anilines is 1. The molecule has 0 aromatic heterocycles. The number of fused-ring (bicyclic) bond motifs is 1. The van der Waals surface area contributed by atoms with Gasteiger partial charge in [-0.1, -0.05) is 78.9 Å². The molecule has 1 atom stereocenters. The lowest BCUT2D eigenvalue weighted by Gasteiger charge is -2.25. The monoisotopic (exact) mass is 355 g/mol. The minimum atomic E-state index is -0.406. The maximum atomic E-state index is 12.8. The number of para-hydroxylation sites is 1.